The van der Waals surface area contributed by atoms with Gasteiger partial charge in [-0.25, -0.2) is 4.79 Å². The summed E-state index contributed by atoms with van der Waals surface area (Å²) in [5, 5.41) is 9.26. The quantitative estimate of drug-likeness (QED) is 0.435. The van der Waals surface area contributed by atoms with E-state index in [2.05, 4.69) is 0 Å². The second kappa shape index (κ2) is 11.2. The highest BCUT2D eigenvalue weighted by Gasteiger charge is 2.30. The normalized spacial score (nSPS) is 15.7. The summed E-state index contributed by atoms with van der Waals surface area (Å²) in [6, 6.07) is 22.6. The standard InChI is InChI=1S/C28H29NO6/c1-3-33-25(28(31)32)18-19-12-14-20(15-13-19)34-16-17-35-26-21-8-4-5-9-22(21)27(30)29(2)24-11-7-6-10-23(24)26/h4-15,25-26H,3,16-18H2,1-2H3,(H,31,32). The topological polar surface area (TPSA) is 85.3 Å². The Bertz CT molecular complexity index is 1180. The summed E-state index contributed by atoms with van der Waals surface area (Å²) in [6.07, 6.45) is -0.967. The van der Waals surface area contributed by atoms with Crippen LogP contribution in [0.3, 0.4) is 0 Å². The van der Waals surface area contributed by atoms with Gasteiger partial charge in [-0.15, -0.1) is 0 Å². The van der Waals surface area contributed by atoms with Crippen molar-refractivity contribution in [1.82, 2.24) is 0 Å². The number of amides is 1. The van der Waals surface area contributed by atoms with Crippen LogP contribution >= 0.6 is 0 Å². The Balaban J connectivity index is 1.41. The number of rotatable bonds is 10. The van der Waals surface area contributed by atoms with Crippen molar-refractivity contribution < 1.29 is 28.9 Å². The summed E-state index contributed by atoms with van der Waals surface area (Å²) in [5.74, 6) is -0.374. The largest absolute Gasteiger partial charge is 0.491 e. The van der Waals surface area contributed by atoms with Gasteiger partial charge in [-0.2, -0.15) is 0 Å². The van der Waals surface area contributed by atoms with Gasteiger partial charge >= 0.3 is 5.97 Å². The maximum Gasteiger partial charge on any atom is 0.333 e. The minimum Gasteiger partial charge on any atom is -0.491 e. The van der Waals surface area contributed by atoms with Crippen molar-refractivity contribution in [3.63, 3.8) is 0 Å². The van der Waals surface area contributed by atoms with Gasteiger partial charge in [0.1, 0.15) is 18.5 Å². The van der Waals surface area contributed by atoms with Gasteiger partial charge in [-0.3, -0.25) is 4.79 Å². The van der Waals surface area contributed by atoms with Crippen LogP contribution in [0.1, 0.15) is 40.1 Å². The second-order valence-corrected chi connectivity index (χ2v) is 8.24. The Hall–Kier alpha value is -3.68. The third kappa shape index (κ3) is 5.53. The molecule has 0 aromatic heterocycles. The molecule has 7 heteroatoms. The number of carbonyl (C=O) groups is 2. The van der Waals surface area contributed by atoms with Crippen LogP contribution in [0.5, 0.6) is 5.75 Å². The first-order chi connectivity index (χ1) is 17.0. The average molecular weight is 476 g/mol. The van der Waals surface area contributed by atoms with Crippen LogP contribution in [0.2, 0.25) is 0 Å². The number of carboxylic acids is 1. The monoisotopic (exact) mass is 475 g/mol. The molecule has 1 aliphatic heterocycles. The Labute approximate surface area is 204 Å². The van der Waals surface area contributed by atoms with Crippen LogP contribution in [0.25, 0.3) is 0 Å². The molecule has 35 heavy (non-hydrogen) atoms. The van der Waals surface area contributed by atoms with E-state index in [9.17, 15) is 14.7 Å². The molecule has 2 unspecified atom stereocenters. The van der Waals surface area contributed by atoms with Gasteiger partial charge < -0.3 is 24.2 Å². The summed E-state index contributed by atoms with van der Waals surface area (Å²) >= 11 is 0. The lowest BCUT2D eigenvalue weighted by atomic mass is 9.97. The van der Waals surface area contributed by atoms with E-state index in [1.54, 1.807) is 18.9 Å². The number of hydrogen-bond donors (Lipinski definition) is 1. The van der Waals surface area contributed by atoms with Crippen molar-refractivity contribution in [2.45, 2.75) is 25.6 Å². The molecule has 3 aromatic rings. The van der Waals surface area contributed by atoms with Crippen LogP contribution in [0.15, 0.2) is 72.8 Å². The average Bonchev–Trinajstić information content (AvgIpc) is 2.96. The van der Waals surface area contributed by atoms with Gasteiger partial charge in [0.2, 0.25) is 0 Å². The molecule has 1 amide bonds. The lowest BCUT2D eigenvalue weighted by molar-refractivity contribution is -0.149. The fourth-order valence-electron chi connectivity index (χ4n) is 4.25. The Kier molecular flexibility index (Phi) is 7.80. The number of benzene rings is 3. The van der Waals surface area contributed by atoms with Gasteiger partial charge in [-0.05, 0) is 42.3 Å². The van der Waals surface area contributed by atoms with E-state index in [0.29, 0.717) is 37.6 Å². The predicted octanol–water partition coefficient (Wildman–Crippen LogP) is 4.49. The number of para-hydroxylation sites is 1. The molecule has 1 aliphatic rings. The molecule has 4 rings (SSSR count). The number of fused-ring (bicyclic) bond motifs is 2. The van der Waals surface area contributed by atoms with Crippen LogP contribution < -0.4 is 9.64 Å². The molecule has 0 spiro atoms. The van der Waals surface area contributed by atoms with Gasteiger partial charge in [0.05, 0.1) is 6.61 Å². The number of nitrogens with zero attached hydrogens (tertiary/aromatic N) is 1. The van der Waals surface area contributed by atoms with Crippen LogP contribution in [-0.4, -0.2) is 50.0 Å². The molecule has 0 saturated carbocycles. The smallest absolute Gasteiger partial charge is 0.333 e. The van der Waals surface area contributed by atoms with Crippen LogP contribution in [0, 0.1) is 0 Å². The highest BCUT2D eigenvalue weighted by Crippen LogP contribution is 2.38. The maximum absolute atomic E-state index is 13.0. The second-order valence-electron chi connectivity index (χ2n) is 8.24. The predicted molar refractivity (Wildman–Crippen MR) is 132 cm³/mol. The van der Waals surface area contributed by atoms with E-state index >= 15 is 0 Å². The van der Waals surface area contributed by atoms with E-state index < -0.39 is 18.2 Å². The van der Waals surface area contributed by atoms with Gasteiger partial charge in [-0.1, -0.05) is 48.5 Å². The molecule has 1 N–H and O–H groups in total. The number of carbonyl (C=O) groups excluding carboxylic acids is 1. The Morgan fingerprint density at radius 1 is 0.971 bits per heavy atom. The first-order valence-corrected chi connectivity index (χ1v) is 11.6. The zero-order valence-electron chi connectivity index (χ0n) is 19.8. The maximum atomic E-state index is 13.0. The van der Waals surface area contributed by atoms with E-state index in [4.69, 9.17) is 14.2 Å². The fourth-order valence-corrected chi connectivity index (χ4v) is 4.25. The van der Waals surface area contributed by atoms with Crippen LogP contribution in [-0.2, 0) is 20.7 Å². The molecule has 3 aromatic carbocycles. The molecule has 1 heterocycles. The van der Waals surface area contributed by atoms with Crippen molar-refractivity contribution in [3.05, 3.63) is 95.1 Å². The van der Waals surface area contributed by atoms with Crippen molar-refractivity contribution in [1.29, 1.82) is 0 Å². The van der Waals surface area contributed by atoms with Crippen molar-refractivity contribution in [3.8, 4) is 5.75 Å². The lowest BCUT2D eigenvalue weighted by Crippen LogP contribution is -2.26. The van der Waals surface area contributed by atoms with E-state index in [-0.39, 0.29) is 5.91 Å². The summed E-state index contributed by atoms with van der Waals surface area (Å²) in [7, 11) is 1.78. The first kappa shape index (κ1) is 24.4. The highest BCUT2D eigenvalue weighted by molar-refractivity contribution is 6.08. The minimum absolute atomic E-state index is 0.0648. The molecule has 7 nitrogen and oxygen atoms in total. The number of aliphatic carboxylic acids is 1. The molecule has 0 saturated heterocycles. The molecule has 0 fully saturated rings. The number of carboxylic acid groups (broad SMARTS) is 1. The Morgan fingerprint density at radius 2 is 1.66 bits per heavy atom. The molecule has 0 aliphatic carbocycles. The lowest BCUT2D eigenvalue weighted by Gasteiger charge is -2.21. The molecule has 2 atom stereocenters. The summed E-state index contributed by atoms with van der Waals surface area (Å²) < 4.78 is 17.4. The molecular formula is C28H29NO6. The van der Waals surface area contributed by atoms with Gasteiger partial charge in [0.25, 0.3) is 5.91 Å². The van der Waals surface area contributed by atoms with Gasteiger partial charge in [0.15, 0.2) is 6.10 Å². The summed E-state index contributed by atoms with van der Waals surface area (Å²) in [4.78, 5) is 26.0. The highest BCUT2D eigenvalue weighted by atomic mass is 16.5. The number of ether oxygens (including phenoxy) is 3. The molecule has 0 radical (unpaired) electrons. The summed E-state index contributed by atoms with van der Waals surface area (Å²) in [6.45, 7) is 2.76. The molecular weight excluding hydrogens is 446 g/mol. The minimum atomic E-state index is -0.973. The van der Waals surface area contributed by atoms with Gasteiger partial charge in [0, 0.05) is 36.9 Å². The third-order valence-electron chi connectivity index (χ3n) is 5.98. The zero-order valence-corrected chi connectivity index (χ0v) is 19.8. The van der Waals surface area contributed by atoms with Crippen molar-refractivity contribution in [2.24, 2.45) is 0 Å². The zero-order chi connectivity index (χ0) is 24.8. The molecule has 182 valence electrons. The number of anilines is 1. The van der Waals surface area contributed by atoms with E-state index in [0.717, 1.165) is 22.4 Å². The third-order valence-corrected chi connectivity index (χ3v) is 5.98. The van der Waals surface area contributed by atoms with E-state index in [1.807, 2.05) is 72.8 Å². The first-order valence-electron chi connectivity index (χ1n) is 11.6. The number of hydrogen-bond acceptors (Lipinski definition) is 5. The van der Waals surface area contributed by atoms with Crippen LogP contribution in [0.4, 0.5) is 5.69 Å². The SMILES string of the molecule is CCOC(Cc1ccc(OCCOC2c3ccccc3C(=O)N(C)c3ccccc32)cc1)C(=O)O. The van der Waals surface area contributed by atoms with Crippen molar-refractivity contribution >= 4 is 17.6 Å². The fraction of sp³-hybridized carbons (Fsp3) is 0.286. The van der Waals surface area contributed by atoms with Crippen molar-refractivity contribution in [2.75, 3.05) is 31.8 Å². The molecule has 0 bridgehead atoms. The van der Waals surface area contributed by atoms with E-state index in [1.165, 1.54) is 0 Å². The Morgan fingerprint density at radius 3 is 2.37 bits per heavy atom. The summed E-state index contributed by atoms with van der Waals surface area (Å²) in [5.41, 5.74) is 4.07.